The maximum Gasteiger partial charge on any atom is 0.228 e. The zero-order valence-corrected chi connectivity index (χ0v) is 13.5. The van der Waals surface area contributed by atoms with Crippen LogP contribution in [0.3, 0.4) is 0 Å². The molecule has 0 aliphatic rings. The van der Waals surface area contributed by atoms with E-state index in [0.717, 1.165) is 22.6 Å². The highest BCUT2D eigenvalue weighted by molar-refractivity contribution is 5.92. The lowest BCUT2D eigenvalue weighted by Gasteiger charge is -2.07. The van der Waals surface area contributed by atoms with Crippen molar-refractivity contribution in [3.05, 3.63) is 84.4 Å². The second-order valence-corrected chi connectivity index (χ2v) is 5.52. The molecular formula is C21H19NO2. The van der Waals surface area contributed by atoms with Gasteiger partial charge < -0.3 is 10.1 Å². The number of hydrogen-bond donors (Lipinski definition) is 1. The first-order chi connectivity index (χ1) is 11.7. The smallest absolute Gasteiger partial charge is 0.228 e. The maximum absolute atomic E-state index is 12.1. The fourth-order valence-corrected chi connectivity index (χ4v) is 2.51. The Bertz CT molecular complexity index is 794. The summed E-state index contributed by atoms with van der Waals surface area (Å²) in [5.41, 5.74) is 4.07. The van der Waals surface area contributed by atoms with Gasteiger partial charge in [-0.15, -0.1) is 0 Å². The first kappa shape index (κ1) is 15.8. The summed E-state index contributed by atoms with van der Waals surface area (Å²) in [6, 6.07) is 25.6. The maximum atomic E-state index is 12.1. The summed E-state index contributed by atoms with van der Waals surface area (Å²) in [5.74, 6) is 0.733. The van der Waals surface area contributed by atoms with Crippen LogP contribution in [0.1, 0.15) is 5.56 Å². The molecule has 0 aliphatic carbocycles. The fraction of sp³-hybridized carbons (Fsp3) is 0.0952. The number of carbonyl (C=O) groups is 1. The standard InChI is InChI=1S/C21H19NO2/c1-24-20-13-11-19(12-14-20)22-21(23)15-16-7-9-18(10-8-16)17-5-3-2-4-6-17/h2-14H,15H2,1H3,(H,22,23). The minimum Gasteiger partial charge on any atom is -0.497 e. The van der Waals surface area contributed by atoms with E-state index >= 15 is 0 Å². The summed E-state index contributed by atoms with van der Waals surface area (Å²) in [5, 5.41) is 2.89. The molecule has 1 N–H and O–H groups in total. The molecule has 1 amide bonds. The number of rotatable bonds is 5. The Labute approximate surface area is 141 Å². The predicted octanol–water partition coefficient (Wildman–Crippen LogP) is 4.54. The lowest BCUT2D eigenvalue weighted by molar-refractivity contribution is -0.115. The molecule has 0 bridgehead atoms. The molecule has 0 fully saturated rings. The van der Waals surface area contributed by atoms with Crippen molar-refractivity contribution in [3.8, 4) is 16.9 Å². The van der Waals surface area contributed by atoms with Crippen molar-refractivity contribution in [3.63, 3.8) is 0 Å². The Hall–Kier alpha value is -3.07. The molecule has 3 rings (SSSR count). The van der Waals surface area contributed by atoms with Crippen molar-refractivity contribution in [2.75, 3.05) is 12.4 Å². The predicted molar refractivity (Wildman–Crippen MR) is 97.2 cm³/mol. The first-order valence-corrected chi connectivity index (χ1v) is 7.83. The summed E-state index contributed by atoms with van der Waals surface area (Å²) in [6.07, 6.45) is 0.348. The lowest BCUT2D eigenvalue weighted by Crippen LogP contribution is -2.14. The molecule has 0 saturated carbocycles. The second-order valence-electron chi connectivity index (χ2n) is 5.52. The molecule has 0 aromatic heterocycles. The molecule has 0 atom stereocenters. The van der Waals surface area contributed by atoms with E-state index < -0.39 is 0 Å². The van der Waals surface area contributed by atoms with Crippen molar-refractivity contribution < 1.29 is 9.53 Å². The molecule has 0 radical (unpaired) electrons. The number of nitrogens with one attached hydrogen (secondary N) is 1. The van der Waals surface area contributed by atoms with Gasteiger partial charge in [0, 0.05) is 5.69 Å². The highest BCUT2D eigenvalue weighted by Gasteiger charge is 2.05. The topological polar surface area (TPSA) is 38.3 Å². The van der Waals surface area contributed by atoms with Gasteiger partial charge in [-0.1, -0.05) is 54.6 Å². The van der Waals surface area contributed by atoms with E-state index in [0.29, 0.717) is 6.42 Å². The van der Waals surface area contributed by atoms with Crippen molar-refractivity contribution >= 4 is 11.6 Å². The Balaban J connectivity index is 1.62. The highest BCUT2D eigenvalue weighted by atomic mass is 16.5. The molecule has 0 spiro atoms. The minimum atomic E-state index is -0.0346. The van der Waals surface area contributed by atoms with Gasteiger partial charge >= 0.3 is 0 Å². The lowest BCUT2D eigenvalue weighted by atomic mass is 10.0. The number of carbonyl (C=O) groups excluding carboxylic acids is 1. The summed E-state index contributed by atoms with van der Waals surface area (Å²) in [7, 11) is 1.62. The van der Waals surface area contributed by atoms with E-state index in [-0.39, 0.29) is 5.91 Å². The minimum absolute atomic E-state index is 0.0346. The van der Waals surface area contributed by atoms with Gasteiger partial charge in [0.25, 0.3) is 0 Å². The van der Waals surface area contributed by atoms with Gasteiger partial charge in [-0.05, 0) is 41.0 Å². The van der Waals surface area contributed by atoms with E-state index in [1.54, 1.807) is 7.11 Å². The average molecular weight is 317 g/mol. The van der Waals surface area contributed by atoms with Crippen LogP contribution in [-0.4, -0.2) is 13.0 Å². The van der Waals surface area contributed by atoms with E-state index in [1.807, 2.05) is 66.7 Å². The molecule has 24 heavy (non-hydrogen) atoms. The fourth-order valence-electron chi connectivity index (χ4n) is 2.51. The van der Waals surface area contributed by atoms with Crippen molar-refractivity contribution in [2.45, 2.75) is 6.42 Å². The van der Waals surface area contributed by atoms with Crippen LogP contribution in [0.4, 0.5) is 5.69 Å². The molecule has 3 heteroatoms. The highest BCUT2D eigenvalue weighted by Crippen LogP contribution is 2.20. The Morgan fingerprint density at radius 2 is 1.46 bits per heavy atom. The van der Waals surface area contributed by atoms with Crippen molar-refractivity contribution in [1.29, 1.82) is 0 Å². The Morgan fingerprint density at radius 3 is 2.08 bits per heavy atom. The van der Waals surface area contributed by atoms with E-state index in [9.17, 15) is 4.79 Å². The molecule has 120 valence electrons. The van der Waals surface area contributed by atoms with Gasteiger partial charge in [0.15, 0.2) is 0 Å². The number of amides is 1. The van der Waals surface area contributed by atoms with Gasteiger partial charge in [0.2, 0.25) is 5.91 Å². The quantitative estimate of drug-likeness (QED) is 0.750. The van der Waals surface area contributed by atoms with Crippen LogP contribution in [0.5, 0.6) is 5.75 Å². The Kier molecular flexibility index (Phi) is 4.92. The van der Waals surface area contributed by atoms with E-state index in [2.05, 4.69) is 17.4 Å². The van der Waals surface area contributed by atoms with E-state index in [1.165, 1.54) is 5.56 Å². The second kappa shape index (κ2) is 7.47. The number of anilines is 1. The monoisotopic (exact) mass is 317 g/mol. The SMILES string of the molecule is COc1ccc(NC(=O)Cc2ccc(-c3ccccc3)cc2)cc1. The van der Waals surface area contributed by atoms with Crippen molar-refractivity contribution in [2.24, 2.45) is 0 Å². The third-order valence-electron chi connectivity index (χ3n) is 3.80. The van der Waals surface area contributed by atoms with Gasteiger partial charge in [-0.2, -0.15) is 0 Å². The molecule has 0 unspecified atom stereocenters. The molecule has 3 aromatic carbocycles. The van der Waals surface area contributed by atoms with Crippen LogP contribution in [0.25, 0.3) is 11.1 Å². The van der Waals surface area contributed by atoms with Crippen LogP contribution in [0.2, 0.25) is 0 Å². The number of ether oxygens (including phenoxy) is 1. The van der Waals surface area contributed by atoms with Crippen LogP contribution in [-0.2, 0) is 11.2 Å². The number of hydrogen-bond acceptors (Lipinski definition) is 2. The number of methoxy groups -OCH3 is 1. The van der Waals surface area contributed by atoms with Gasteiger partial charge in [-0.25, -0.2) is 0 Å². The summed E-state index contributed by atoms with van der Waals surface area (Å²) in [6.45, 7) is 0. The average Bonchev–Trinajstić information content (AvgIpc) is 2.64. The third kappa shape index (κ3) is 4.02. The summed E-state index contributed by atoms with van der Waals surface area (Å²) >= 11 is 0. The molecule has 0 aliphatic heterocycles. The van der Waals surface area contributed by atoms with Gasteiger partial charge in [0.05, 0.1) is 13.5 Å². The van der Waals surface area contributed by atoms with Crippen LogP contribution >= 0.6 is 0 Å². The van der Waals surface area contributed by atoms with Crippen LogP contribution < -0.4 is 10.1 Å². The normalized spacial score (nSPS) is 10.2. The first-order valence-electron chi connectivity index (χ1n) is 7.83. The molecule has 0 heterocycles. The zero-order valence-electron chi connectivity index (χ0n) is 13.5. The molecule has 3 nitrogen and oxygen atoms in total. The van der Waals surface area contributed by atoms with Gasteiger partial charge in [-0.3, -0.25) is 4.79 Å². The number of benzene rings is 3. The largest absolute Gasteiger partial charge is 0.497 e. The van der Waals surface area contributed by atoms with Gasteiger partial charge in [0.1, 0.15) is 5.75 Å². The van der Waals surface area contributed by atoms with Crippen LogP contribution in [0, 0.1) is 0 Å². The van der Waals surface area contributed by atoms with Crippen LogP contribution in [0.15, 0.2) is 78.9 Å². The zero-order chi connectivity index (χ0) is 16.8. The molecular weight excluding hydrogens is 298 g/mol. The molecule has 0 saturated heterocycles. The molecule has 3 aromatic rings. The third-order valence-corrected chi connectivity index (χ3v) is 3.80. The summed E-state index contributed by atoms with van der Waals surface area (Å²) in [4.78, 5) is 12.1. The van der Waals surface area contributed by atoms with E-state index in [4.69, 9.17) is 4.74 Å². The Morgan fingerprint density at radius 1 is 0.833 bits per heavy atom. The van der Waals surface area contributed by atoms with Crippen molar-refractivity contribution in [1.82, 2.24) is 0 Å². The summed E-state index contributed by atoms with van der Waals surface area (Å²) < 4.78 is 5.10.